The summed E-state index contributed by atoms with van der Waals surface area (Å²) in [5.41, 5.74) is 4.53. The van der Waals surface area contributed by atoms with Gasteiger partial charge in [-0.1, -0.05) is 0 Å². The van der Waals surface area contributed by atoms with E-state index in [9.17, 15) is 15.0 Å². The summed E-state index contributed by atoms with van der Waals surface area (Å²) in [7, 11) is 0. The van der Waals surface area contributed by atoms with E-state index in [1.54, 1.807) is 0 Å². The van der Waals surface area contributed by atoms with Crippen molar-refractivity contribution in [3.63, 3.8) is 0 Å². The lowest BCUT2D eigenvalue weighted by molar-refractivity contribution is -0.234. The highest BCUT2D eigenvalue weighted by atomic mass is 16.7. The van der Waals surface area contributed by atoms with Crippen molar-refractivity contribution in [2.24, 2.45) is 5.73 Å². The SMILES string of the molecule is NC[C@@]12COC(O1)[C@H](N1CCNC1=O)[C@@H](O)[C@H]2O. The molecule has 3 aliphatic rings. The summed E-state index contributed by atoms with van der Waals surface area (Å²) in [5, 5.41) is 23.0. The summed E-state index contributed by atoms with van der Waals surface area (Å²) < 4.78 is 11.1. The van der Waals surface area contributed by atoms with Crippen LogP contribution in [0.3, 0.4) is 0 Å². The van der Waals surface area contributed by atoms with Gasteiger partial charge in [0.05, 0.1) is 6.61 Å². The van der Waals surface area contributed by atoms with Crippen LogP contribution < -0.4 is 11.1 Å². The maximum atomic E-state index is 11.6. The number of ether oxygens (including phenoxy) is 2. The van der Waals surface area contributed by atoms with Crippen molar-refractivity contribution in [3.8, 4) is 0 Å². The molecule has 2 bridgehead atoms. The maximum Gasteiger partial charge on any atom is 0.318 e. The first-order valence-electron chi connectivity index (χ1n) is 5.99. The van der Waals surface area contributed by atoms with E-state index in [1.165, 1.54) is 4.90 Å². The molecular formula is C10H17N3O5. The molecule has 2 amide bonds. The summed E-state index contributed by atoms with van der Waals surface area (Å²) >= 11 is 0. The van der Waals surface area contributed by atoms with E-state index >= 15 is 0 Å². The third-order valence-corrected chi connectivity index (χ3v) is 3.93. The van der Waals surface area contributed by atoms with Gasteiger partial charge in [-0.05, 0) is 0 Å². The van der Waals surface area contributed by atoms with Crippen LogP contribution in [0.25, 0.3) is 0 Å². The Labute approximate surface area is 104 Å². The van der Waals surface area contributed by atoms with Gasteiger partial charge in [-0.3, -0.25) is 0 Å². The first kappa shape index (κ1) is 12.1. The minimum atomic E-state index is -1.17. The van der Waals surface area contributed by atoms with Gasteiger partial charge in [0.25, 0.3) is 0 Å². The molecule has 3 fully saturated rings. The number of nitrogens with two attached hydrogens (primary N) is 1. The quantitative estimate of drug-likeness (QED) is 0.425. The molecule has 0 saturated carbocycles. The minimum absolute atomic E-state index is 0.0562. The Morgan fingerprint density at radius 3 is 2.94 bits per heavy atom. The van der Waals surface area contributed by atoms with Crippen LogP contribution in [0.2, 0.25) is 0 Å². The smallest absolute Gasteiger partial charge is 0.318 e. The summed E-state index contributed by atoms with van der Waals surface area (Å²) in [4.78, 5) is 13.1. The van der Waals surface area contributed by atoms with Crippen molar-refractivity contribution in [2.45, 2.75) is 30.1 Å². The van der Waals surface area contributed by atoms with Crippen molar-refractivity contribution in [1.82, 2.24) is 10.2 Å². The number of hydrogen-bond acceptors (Lipinski definition) is 6. The highest BCUT2D eigenvalue weighted by Crippen LogP contribution is 2.38. The molecule has 8 nitrogen and oxygen atoms in total. The molecule has 1 unspecified atom stereocenters. The Kier molecular flexibility index (Phi) is 2.72. The van der Waals surface area contributed by atoms with Crippen molar-refractivity contribution in [1.29, 1.82) is 0 Å². The number of aliphatic hydroxyl groups excluding tert-OH is 2. The maximum absolute atomic E-state index is 11.6. The van der Waals surface area contributed by atoms with Crippen molar-refractivity contribution in [2.75, 3.05) is 26.2 Å². The highest BCUT2D eigenvalue weighted by molar-refractivity contribution is 5.76. The van der Waals surface area contributed by atoms with E-state index in [0.717, 1.165) is 0 Å². The second-order valence-corrected chi connectivity index (χ2v) is 4.92. The number of hydrogen-bond donors (Lipinski definition) is 4. The van der Waals surface area contributed by atoms with E-state index < -0.39 is 30.1 Å². The lowest BCUT2D eigenvalue weighted by Gasteiger charge is -2.44. The van der Waals surface area contributed by atoms with Crippen LogP contribution in [-0.4, -0.2) is 77.5 Å². The molecule has 0 spiro atoms. The number of nitrogens with zero attached hydrogens (tertiary/aromatic N) is 1. The van der Waals surface area contributed by atoms with Crippen LogP contribution in [0.5, 0.6) is 0 Å². The molecule has 0 aromatic carbocycles. The van der Waals surface area contributed by atoms with Crippen LogP contribution in [0.4, 0.5) is 4.79 Å². The number of carbonyl (C=O) groups is 1. The molecule has 5 atom stereocenters. The summed E-state index contributed by atoms with van der Waals surface area (Å²) in [5.74, 6) is 0. The normalized spacial score (nSPS) is 47.5. The molecule has 0 aromatic rings. The molecule has 3 aliphatic heterocycles. The molecule has 8 heteroatoms. The molecule has 3 saturated heterocycles. The Morgan fingerprint density at radius 2 is 2.33 bits per heavy atom. The lowest BCUT2D eigenvalue weighted by atomic mass is 9.87. The first-order valence-corrected chi connectivity index (χ1v) is 5.99. The van der Waals surface area contributed by atoms with E-state index in [1.807, 2.05) is 0 Å². The predicted molar refractivity (Wildman–Crippen MR) is 58.5 cm³/mol. The van der Waals surface area contributed by atoms with Gasteiger partial charge < -0.3 is 35.6 Å². The molecule has 3 rings (SSSR count). The second kappa shape index (κ2) is 4.04. The number of urea groups is 1. The minimum Gasteiger partial charge on any atom is -0.388 e. The Bertz CT molecular complexity index is 367. The molecule has 5 N–H and O–H groups in total. The number of carbonyl (C=O) groups excluding carboxylic acids is 1. The fourth-order valence-corrected chi connectivity index (χ4v) is 2.83. The van der Waals surface area contributed by atoms with Gasteiger partial charge >= 0.3 is 6.03 Å². The monoisotopic (exact) mass is 259 g/mol. The van der Waals surface area contributed by atoms with Crippen molar-refractivity contribution < 1.29 is 24.5 Å². The van der Waals surface area contributed by atoms with E-state index in [4.69, 9.17) is 15.2 Å². The average molecular weight is 259 g/mol. The van der Waals surface area contributed by atoms with Gasteiger partial charge in [0.1, 0.15) is 23.9 Å². The van der Waals surface area contributed by atoms with E-state index in [2.05, 4.69) is 5.32 Å². The van der Waals surface area contributed by atoms with Crippen LogP contribution in [0, 0.1) is 0 Å². The number of rotatable bonds is 2. The lowest BCUT2D eigenvalue weighted by Crippen LogP contribution is -2.67. The Hall–Kier alpha value is -0.930. The van der Waals surface area contributed by atoms with Gasteiger partial charge in [-0.15, -0.1) is 0 Å². The molecular weight excluding hydrogens is 242 g/mol. The molecule has 18 heavy (non-hydrogen) atoms. The zero-order chi connectivity index (χ0) is 12.9. The van der Waals surface area contributed by atoms with Gasteiger partial charge in [0, 0.05) is 19.6 Å². The van der Waals surface area contributed by atoms with Crippen molar-refractivity contribution in [3.05, 3.63) is 0 Å². The van der Waals surface area contributed by atoms with E-state index in [-0.39, 0.29) is 19.2 Å². The van der Waals surface area contributed by atoms with Gasteiger partial charge in [0.15, 0.2) is 6.29 Å². The zero-order valence-corrected chi connectivity index (χ0v) is 9.78. The number of fused-ring (bicyclic) bond motifs is 2. The summed E-state index contributed by atoms with van der Waals surface area (Å²) in [6.45, 7) is 1.14. The Morgan fingerprint density at radius 1 is 1.56 bits per heavy atom. The van der Waals surface area contributed by atoms with Gasteiger partial charge in [-0.2, -0.15) is 0 Å². The van der Waals surface area contributed by atoms with E-state index in [0.29, 0.717) is 13.1 Å². The molecule has 0 radical (unpaired) electrons. The molecule has 102 valence electrons. The third-order valence-electron chi connectivity index (χ3n) is 3.93. The fraction of sp³-hybridized carbons (Fsp3) is 0.900. The molecule has 0 aromatic heterocycles. The predicted octanol–water partition coefficient (Wildman–Crippen LogP) is -2.81. The number of aliphatic hydroxyl groups is 2. The first-order chi connectivity index (χ1) is 8.59. The third kappa shape index (κ3) is 1.47. The Balaban J connectivity index is 1.87. The largest absolute Gasteiger partial charge is 0.388 e. The average Bonchev–Trinajstić information content (AvgIpc) is 2.95. The van der Waals surface area contributed by atoms with Crippen LogP contribution >= 0.6 is 0 Å². The standard InChI is InChI=1S/C10H17N3O5/c11-3-10-4-17-8(18-10)5(6(14)7(10)15)13-2-1-12-9(13)16/h5-8,14-15H,1-4,11H2,(H,12,16)/t5-,6-,7-,8?,10+/m1/s1. The summed E-state index contributed by atoms with van der Waals surface area (Å²) in [6.07, 6.45) is -3.03. The fourth-order valence-electron chi connectivity index (χ4n) is 2.83. The zero-order valence-electron chi connectivity index (χ0n) is 9.78. The van der Waals surface area contributed by atoms with Crippen LogP contribution in [0.15, 0.2) is 0 Å². The topological polar surface area (TPSA) is 117 Å². The van der Waals surface area contributed by atoms with Crippen LogP contribution in [0.1, 0.15) is 0 Å². The van der Waals surface area contributed by atoms with Gasteiger partial charge in [-0.25, -0.2) is 4.79 Å². The van der Waals surface area contributed by atoms with Gasteiger partial charge in [0.2, 0.25) is 0 Å². The number of amides is 2. The number of nitrogens with one attached hydrogen (secondary N) is 1. The highest BCUT2D eigenvalue weighted by Gasteiger charge is 2.60. The summed E-state index contributed by atoms with van der Waals surface area (Å²) in [6, 6.07) is -0.990. The van der Waals surface area contributed by atoms with Crippen LogP contribution in [-0.2, 0) is 9.47 Å². The molecule has 0 aliphatic carbocycles. The van der Waals surface area contributed by atoms with Crippen molar-refractivity contribution >= 4 is 6.03 Å². The molecule has 3 heterocycles. The second-order valence-electron chi connectivity index (χ2n) is 4.92.